The maximum Gasteiger partial charge on any atom is 0.232 e. The highest BCUT2D eigenvalue weighted by molar-refractivity contribution is 7.81. The fraction of sp³-hybridized carbons (Fsp3) is 0.875. The highest BCUT2D eigenvalue weighted by Gasteiger charge is 2.17. The number of hydrogen-bond acceptors (Lipinski definition) is 3. The van der Waals surface area contributed by atoms with Gasteiger partial charge in [-0.05, 0) is 19.8 Å². The van der Waals surface area contributed by atoms with Crippen LogP contribution in [0, 0.1) is 0 Å². The van der Waals surface area contributed by atoms with Gasteiger partial charge in [0.2, 0.25) is 5.91 Å². The molecule has 1 N–H and O–H groups in total. The number of carbonyl (C=O) groups is 1. The van der Waals surface area contributed by atoms with Gasteiger partial charge in [-0.3, -0.25) is 4.79 Å². The van der Waals surface area contributed by atoms with E-state index in [1.54, 1.807) is 6.92 Å². The molecule has 0 aromatic heterocycles. The van der Waals surface area contributed by atoms with E-state index in [0.717, 1.165) is 26.1 Å². The van der Waals surface area contributed by atoms with E-state index in [-0.39, 0.29) is 11.2 Å². The summed E-state index contributed by atoms with van der Waals surface area (Å²) in [4.78, 5) is 11.2. The largest absolute Gasteiger partial charge is 0.381 e. The summed E-state index contributed by atoms with van der Waals surface area (Å²) in [5, 5.41) is 2.71. The molecular formula is C8H15NO2S. The third kappa shape index (κ3) is 3.03. The van der Waals surface area contributed by atoms with Crippen LogP contribution in [0.15, 0.2) is 0 Å². The van der Waals surface area contributed by atoms with Crippen LogP contribution in [0.25, 0.3) is 0 Å². The average Bonchev–Trinajstić information content (AvgIpc) is 2.06. The van der Waals surface area contributed by atoms with Crippen LogP contribution in [0.5, 0.6) is 0 Å². The zero-order valence-electron chi connectivity index (χ0n) is 7.25. The fourth-order valence-electron chi connectivity index (χ4n) is 1.16. The molecule has 3 nitrogen and oxygen atoms in total. The molecular weight excluding hydrogens is 174 g/mol. The van der Waals surface area contributed by atoms with Gasteiger partial charge in [0.15, 0.2) is 0 Å². The van der Waals surface area contributed by atoms with Crippen LogP contribution in [-0.2, 0) is 9.53 Å². The van der Waals surface area contributed by atoms with Gasteiger partial charge in [0.1, 0.15) is 0 Å². The molecule has 1 aliphatic rings. The maximum absolute atomic E-state index is 11.2. The van der Waals surface area contributed by atoms with Gasteiger partial charge < -0.3 is 10.1 Å². The number of hydrogen-bond donors (Lipinski definition) is 2. The lowest BCUT2D eigenvalue weighted by Gasteiger charge is -2.23. The summed E-state index contributed by atoms with van der Waals surface area (Å²) in [6.07, 6.45) is 1.85. The van der Waals surface area contributed by atoms with Crippen LogP contribution in [0.3, 0.4) is 0 Å². The third-order valence-electron chi connectivity index (χ3n) is 1.95. The van der Waals surface area contributed by atoms with E-state index in [4.69, 9.17) is 4.74 Å². The van der Waals surface area contributed by atoms with Crippen LogP contribution >= 0.6 is 12.6 Å². The monoisotopic (exact) mass is 189 g/mol. The second kappa shape index (κ2) is 4.72. The zero-order valence-corrected chi connectivity index (χ0v) is 8.14. The quantitative estimate of drug-likeness (QED) is 0.624. The van der Waals surface area contributed by atoms with Crippen molar-refractivity contribution in [2.75, 3.05) is 13.2 Å². The third-order valence-corrected chi connectivity index (χ3v) is 2.18. The van der Waals surface area contributed by atoms with E-state index >= 15 is 0 Å². The highest BCUT2D eigenvalue weighted by Crippen LogP contribution is 2.06. The Morgan fingerprint density at radius 2 is 2.17 bits per heavy atom. The molecule has 1 heterocycles. The minimum atomic E-state index is -0.215. The molecule has 0 saturated carbocycles. The summed E-state index contributed by atoms with van der Waals surface area (Å²) in [6.45, 7) is 3.29. The molecule has 1 unspecified atom stereocenters. The molecule has 0 aliphatic carbocycles. The van der Waals surface area contributed by atoms with Crippen LogP contribution < -0.4 is 5.32 Å². The Balaban J connectivity index is 2.24. The topological polar surface area (TPSA) is 38.3 Å². The Kier molecular flexibility index (Phi) is 3.88. The summed E-state index contributed by atoms with van der Waals surface area (Å²) in [7, 11) is 0. The summed E-state index contributed by atoms with van der Waals surface area (Å²) >= 11 is 4.05. The van der Waals surface area contributed by atoms with Gasteiger partial charge in [-0.15, -0.1) is 0 Å². The molecule has 70 valence electrons. The van der Waals surface area contributed by atoms with Crippen molar-refractivity contribution in [3.8, 4) is 0 Å². The van der Waals surface area contributed by atoms with Crippen molar-refractivity contribution in [1.29, 1.82) is 0 Å². The number of ether oxygens (including phenoxy) is 1. The van der Waals surface area contributed by atoms with Crippen molar-refractivity contribution in [2.24, 2.45) is 0 Å². The smallest absolute Gasteiger partial charge is 0.232 e. The molecule has 1 aliphatic heterocycles. The van der Waals surface area contributed by atoms with Crippen molar-refractivity contribution >= 4 is 18.5 Å². The van der Waals surface area contributed by atoms with Gasteiger partial charge in [-0.1, -0.05) is 0 Å². The summed E-state index contributed by atoms with van der Waals surface area (Å²) < 4.78 is 5.17. The van der Waals surface area contributed by atoms with E-state index < -0.39 is 0 Å². The summed E-state index contributed by atoms with van der Waals surface area (Å²) in [5.41, 5.74) is 0. The van der Waals surface area contributed by atoms with E-state index in [0.29, 0.717) is 6.04 Å². The van der Waals surface area contributed by atoms with Gasteiger partial charge >= 0.3 is 0 Å². The Morgan fingerprint density at radius 3 is 2.67 bits per heavy atom. The zero-order chi connectivity index (χ0) is 8.97. The molecule has 4 heteroatoms. The Bertz CT molecular complexity index is 155. The first-order valence-corrected chi connectivity index (χ1v) is 4.78. The first-order chi connectivity index (χ1) is 5.70. The fourth-order valence-corrected chi connectivity index (χ4v) is 1.24. The van der Waals surface area contributed by atoms with Gasteiger partial charge in [-0.25, -0.2) is 0 Å². The SMILES string of the molecule is CC(S)C(=O)NC1CCOCC1. The first kappa shape index (κ1) is 9.86. The van der Waals surface area contributed by atoms with Crippen molar-refractivity contribution in [1.82, 2.24) is 5.32 Å². The van der Waals surface area contributed by atoms with Crippen molar-refractivity contribution in [3.05, 3.63) is 0 Å². The molecule has 0 radical (unpaired) electrons. The molecule has 1 amide bonds. The lowest BCUT2D eigenvalue weighted by atomic mass is 10.1. The van der Waals surface area contributed by atoms with Crippen LogP contribution in [0.4, 0.5) is 0 Å². The highest BCUT2D eigenvalue weighted by atomic mass is 32.1. The molecule has 1 fully saturated rings. The van der Waals surface area contributed by atoms with Gasteiger partial charge in [0, 0.05) is 19.3 Å². The first-order valence-electron chi connectivity index (χ1n) is 4.26. The molecule has 0 bridgehead atoms. The predicted octanol–water partition coefficient (Wildman–Crippen LogP) is 0.600. The van der Waals surface area contributed by atoms with Crippen molar-refractivity contribution < 1.29 is 9.53 Å². The molecule has 1 rings (SSSR count). The van der Waals surface area contributed by atoms with Crippen molar-refractivity contribution in [2.45, 2.75) is 31.1 Å². The number of thiol groups is 1. The minimum Gasteiger partial charge on any atom is -0.381 e. The summed E-state index contributed by atoms with van der Waals surface area (Å²) in [5.74, 6) is 0.0187. The van der Waals surface area contributed by atoms with Crippen LogP contribution in [0.1, 0.15) is 19.8 Å². The number of rotatable bonds is 2. The van der Waals surface area contributed by atoms with Crippen LogP contribution in [-0.4, -0.2) is 30.4 Å². The lowest BCUT2D eigenvalue weighted by molar-refractivity contribution is -0.121. The molecule has 1 saturated heterocycles. The normalized spacial score (nSPS) is 21.8. The standard InChI is InChI=1S/C8H15NO2S/c1-6(12)8(10)9-7-2-4-11-5-3-7/h6-7,12H,2-5H2,1H3,(H,9,10). The Labute approximate surface area is 78.3 Å². The van der Waals surface area contributed by atoms with Crippen LogP contribution in [0.2, 0.25) is 0 Å². The average molecular weight is 189 g/mol. The Hall–Kier alpha value is -0.220. The molecule has 0 aromatic rings. The summed E-state index contributed by atoms with van der Waals surface area (Å²) in [6, 6.07) is 0.292. The maximum atomic E-state index is 11.2. The second-order valence-electron chi connectivity index (χ2n) is 3.07. The van der Waals surface area contributed by atoms with Crippen molar-refractivity contribution in [3.63, 3.8) is 0 Å². The van der Waals surface area contributed by atoms with Gasteiger partial charge in [0.25, 0.3) is 0 Å². The van der Waals surface area contributed by atoms with E-state index in [1.807, 2.05) is 0 Å². The molecule has 0 spiro atoms. The number of amides is 1. The molecule has 0 aromatic carbocycles. The molecule has 12 heavy (non-hydrogen) atoms. The number of carbonyl (C=O) groups excluding carboxylic acids is 1. The number of nitrogens with one attached hydrogen (secondary N) is 1. The predicted molar refractivity (Wildman–Crippen MR) is 50.4 cm³/mol. The van der Waals surface area contributed by atoms with Gasteiger partial charge in [0.05, 0.1) is 5.25 Å². The minimum absolute atomic E-state index is 0.0187. The van der Waals surface area contributed by atoms with E-state index in [1.165, 1.54) is 0 Å². The van der Waals surface area contributed by atoms with E-state index in [9.17, 15) is 4.79 Å². The Morgan fingerprint density at radius 1 is 1.58 bits per heavy atom. The van der Waals surface area contributed by atoms with E-state index in [2.05, 4.69) is 17.9 Å². The lowest BCUT2D eigenvalue weighted by Crippen LogP contribution is -2.41. The second-order valence-corrected chi connectivity index (χ2v) is 3.85. The van der Waals surface area contributed by atoms with Gasteiger partial charge in [-0.2, -0.15) is 12.6 Å². The molecule has 1 atom stereocenters.